The third kappa shape index (κ3) is 2.45. The minimum atomic E-state index is -0.667. The van der Waals surface area contributed by atoms with Crippen LogP contribution in [-0.2, 0) is 0 Å². The van der Waals surface area contributed by atoms with E-state index < -0.39 is 17.7 Å². The third-order valence-corrected chi connectivity index (χ3v) is 4.39. The van der Waals surface area contributed by atoms with Crippen LogP contribution in [0.25, 0.3) is 11.0 Å². The first-order valence-electron chi connectivity index (χ1n) is 7.97. The number of ether oxygens (including phenoxy) is 2. The minimum Gasteiger partial charge on any atom is -0.493 e. The maximum atomic E-state index is 12.6. The lowest BCUT2D eigenvalue weighted by Crippen LogP contribution is -2.41. The van der Waals surface area contributed by atoms with Crippen LogP contribution in [0.4, 0.5) is 10.5 Å². The zero-order chi connectivity index (χ0) is 18.3. The summed E-state index contributed by atoms with van der Waals surface area (Å²) in [5.74, 6) is 1.06. The van der Waals surface area contributed by atoms with E-state index in [0.29, 0.717) is 39.3 Å². The van der Waals surface area contributed by atoms with Crippen molar-refractivity contribution in [3.63, 3.8) is 0 Å². The van der Waals surface area contributed by atoms with Gasteiger partial charge >= 0.3 is 11.7 Å². The molecule has 2 N–H and O–H groups in total. The summed E-state index contributed by atoms with van der Waals surface area (Å²) in [6, 6.07) is 11.3. The van der Waals surface area contributed by atoms with E-state index in [0.717, 1.165) is 0 Å². The van der Waals surface area contributed by atoms with Gasteiger partial charge in [-0.2, -0.15) is 0 Å². The molecule has 0 fully saturated rings. The molecule has 2 heterocycles. The lowest BCUT2D eigenvalue weighted by Gasteiger charge is -2.27. The maximum absolute atomic E-state index is 12.6. The number of fused-ring (bicyclic) bond motifs is 3. The van der Waals surface area contributed by atoms with E-state index in [1.165, 1.54) is 7.11 Å². The number of methoxy groups -OCH3 is 2. The van der Waals surface area contributed by atoms with Gasteiger partial charge in [0, 0.05) is 5.39 Å². The van der Waals surface area contributed by atoms with Crippen LogP contribution in [0.3, 0.4) is 0 Å². The summed E-state index contributed by atoms with van der Waals surface area (Å²) in [7, 11) is 3.07. The van der Waals surface area contributed by atoms with Crippen molar-refractivity contribution in [1.29, 1.82) is 0 Å². The number of carbonyl (C=O) groups is 1. The average molecular weight is 352 g/mol. The molecule has 132 valence electrons. The Kier molecular flexibility index (Phi) is 3.76. The molecule has 1 aliphatic heterocycles. The molecule has 2 aromatic carbocycles. The molecule has 0 radical (unpaired) electrons. The minimum absolute atomic E-state index is 0.343. The molecular weight excluding hydrogens is 336 g/mol. The summed E-state index contributed by atoms with van der Waals surface area (Å²) in [6.07, 6.45) is 0. The molecule has 7 heteroatoms. The fraction of sp³-hybridized carbons (Fsp3) is 0.158. The second kappa shape index (κ2) is 6.11. The zero-order valence-corrected chi connectivity index (χ0v) is 14.2. The Balaban J connectivity index is 1.95. The summed E-state index contributed by atoms with van der Waals surface area (Å²) in [5, 5.41) is 6.17. The predicted molar refractivity (Wildman–Crippen MR) is 96.0 cm³/mol. The number of amides is 2. The fourth-order valence-corrected chi connectivity index (χ4v) is 3.20. The number of hydrogen-bond donors (Lipinski definition) is 2. The molecule has 0 saturated heterocycles. The van der Waals surface area contributed by atoms with Gasteiger partial charge in [-0.25, -0.2) is 9.59 Å². The monoisotopic (exact) mass is 352 g/mol. The van der Waals surface area contributed by atoms with Gasteiger partial charge < -0.3 is 24.5 Å². The Bertz CT molecular complexity index is 1070. The van der Waals surface area contributed by atoms with Gasteiger partial charge in [0.25, 0.3) is 0 Å². The SMILES string of the molecule is COc1ccc(C2NC(=O)Nc3c2c(=O)oc2ccccc32)cc1OC. The van der Waals surface area contributed by atoms with Crippen molar-refractivity contribution in [2.45, 2.75) is 6.04 Å². The highest BCUT2D eigenvalue weighted by Gasteiger charge is 2.31. The lowest BCUT2D eigenvalue weighted by atomic mass is 9.95. The summed E-state index contributed by atoms with van der Waals surface area (Å²) < 4.78 is 16.0. The molecule has 1 atom stereocenters. The van der Waals surface area contributed by atoms with Crippen LogP contribution in [-0.4, -0.2) is 20.3 Å². The Morgan fingerprint density at radius 3 is 2.54 bits per heavy atom. The molecule has 2 amide bonds. The van der Waals surface area contributed by atoms with E-state index in [1.54, 1.807) is 43.5 Å². The van der Waals surface area contributed by atoms with E-state index in [1.807, 2.05) is 6.07 Å². The van der Waals surface area contributed by atoms with Crippen LogP contribution in [0.1, 0.15) is 17.2 Å². The molecule has 7 nitrogen and oxygen atoms in total. The highest BCUT2D eigenvalue weighted by Crippen LogP contribution is 2.37. The van der Waals surface area contributed by atoms with Crippen LogP contribution in [0.5, 0.6) is 11.5 Å². The first-order valence-corrected chi connectivity index (χ1v) is 7.97. The topological polar surface area (TPSA) is 89.8 Å². The molecule has 3 aromatic rings. The predicted octanol–water partition coefficient (Wildman–Crippen LogP) is 3.03. The summed E-state index contributed by atoms with van der Waals surface area (Å²) in [4.78, 5) is 24.9. The third-order valence-electron chi connectivity index (χ3n) is 4.39. The van der Waals surface area contributed by atoms with Gasteiger partial charge in [0.05, 0.1) is 31.5 Å². The van der Waals surface area contributed by atoms with E-state index in [2.05, 4.69) is 10.6 Å². The number of anilines is 1. The number of hydrogen-bond acceptors (Lipinski definition) is 5. The number of rotatable bonds is 3. The van der Waals surface area contributed by atoms with Crippen LogP contribution in [0.2, 0.25) is 0 Å². The Hall–Kier alpha value is -3.48. The number of nitrogens with one attached hydrogen (secondary N) is 2. The average Bonchev–Trinajstić information content (AvgIpc) is 2.66. The van der Waals surface area contributed by atoms with Gasteiger partial charge in [-0.1, -0.05) is 18.2 Å². The lowest BCUT2D eigenvalue weighted by molar-refractivity contribution is 0.248. The Labute approximate surface area is 148 Å². The molecule has 1 aromatic heterocycles. The second-order valence-electron chi connectivity index (χ2n) is 5.82. The molecular formula is C19H16N2O5. The van der Waals surface area contributed by atoms with E-state index in [4.69, 9.17) is 13.9 Å². The number of carbonyl (C=O) groups excluding carboxylic acids is 1. The molecule has 26 heavy (non-hydrogen) atoms. The van der Waals surface area contributed by atoms with Gasteiger partial charge in [0.1, 0.15) is 5.58 Å². The maximum Gasteiger partial charge on any atom is 0.344 e. The molecule has 0 aliphatic carbocycles. The summed E-state index contributed by atoms with van der Waals surface area (Å²) in [5.41, 5.74) is 1.40. The van der Waals surface area contributed by atoms with Crippen molar-refractivity contribution in [3.05, 3.63) is 64.0 Å². The van der Waals surface area contributed by atoms with Crippen LogP contribution < -0.4 is 25.7 Å². The summed E-state index contributed by atoms with van der Waals surface area (Å²) in [6.45, 7) is 0. The van der Waals surface area contributed by atoms with Gasteiger partial charge in [0.2, 0.25) is 0 Å². The number of urea groups is 1. The van der Waals surface area contributed by atoms with Gasteiger partial charge in [0.15, 0.2) is 11.5 Å². The van der Waals surface area contributed by atoms with E-state index in [-0.39, 0.29) is 0 Å². The van der Waals surface area contributed by atoms with Crippen LogP contribution >= 0.6 is 0 Å². The molecule has 1 unspecified atom stereocenters. The van der Waals surface area contributed by atoms with Crippen molar-refractivity contribution in [2.24, 2.45) is 0 Å². The smallest absolute Gasteiger partial charge is 0.344 e. The quantitative estimate of drug-likeness (QED) is 0.707. The van der Waals surface area contributed by atoms with Crippen molar-refractivity contribution in [2.75, 3.05) is 19.5 Å². The van der Waals surface area contributed by atoms with Crippen molar-refractivity contribution in [1.82, 2.24) is 5.32 Å². The first kappa shape index (κ1) is 16.0. The van der Waals surface area contributed by atoms with Crippen LogP contribution in [0.15, 0.2) is 51.7 Å². The van der Waals surface area contributed by atoms with Crippen LogP contribution in [0, 0.1) is 0 Å². The molecule has 0 spiro atoms. The molecule has 1 aliphatic rings. The highest BCUT2D eigenvalue weighted by atomic mass is 16.5. The van der Waals surface area contributed by atoms with Gasteiger partial charge in [-0.3, -0.25) is 0 Å². The first-order chi connectivity index (χ1) is 12.6. The largest absolute Gasteiger partial charge is 0.493 e. The van der Waals surface area contributed by atoms with Crippen molar-refractivity contribution < 1.29 is 18.7 Å². The summed E-state index contributed by atoms with van der Waals surface area (Å²) >= 11 is 0. The van der Waals surface area contributed by atoms with Gasteiger partial charge in [-0.15, -0.1) is 0 Å². The zero-order valence-electron chi connectivity index (χ0n) is 14.2. The molecule has 4 rings (SSSR count). The van der Waals surface area contributed by atoms with E-state index in [9.17, 15) is 9.59 Å². The fourth-order valence-electron chi connectivity index (χ4n) is 3.20. The Morgan fingerprint density at radius 1 is 1.00 bits per heavy atom. The van der Waals surface area contributed by atoms with Crippen molar-refractivity contribution >= 4 is 22.7 Å². The molecule has 0 saturated carbocycles. The number of benzene rings is 2. The van der Waals surface area contributed by atoms with E-state index >= 15 is 0 Å². The molecule has 0 bridgehead atoms. The second-order valence-corrected chi connectivity index (χ2v) is 5.82. The van der Waals surface area contributed by atoms with Crippen molar-refractivity contribution in [3.8, 4) is 11.5 Å². The van der Waals surface area contributed by atoms with Gasteiger partial charge in [-0.05, 0) is 29.8 Å². The standard InChI is InChI=1S/C19H16N2O5/c1-24-13-8-7-10(9-14(13)25-2)16-15-17(21-19(23)20-16)11-5-3-4-6-12(11)26-18(15)22/h3-9,16H,1-2H3,(H2,20,21,23). The Morgan fingerprint density at radius 2 is 1.77 bits per heavy atom. The number of para-hydroxylation sites is 1. The highest BCUT2D eigenvalue weighted by molar-refractivity contribution is 6.03. The normalized spacial score (nSPS) is 15.8.